The Bertz CT molecular complexity index is 699. The van der Waals surface area contributed by atoms with E-state index in [2.05, 4.69) is 10.5 Å². The predicted molar refractivity (Wildman–Crippen MR) is 87.1 cm³/mol. The number of nitrogens with one attached hydrogen (secondary N) is 1. The maximum absolute atomic E-state index is 10.6. The molecule has 2 rings (SSSR count). The zero-order valence-electron chi connectivity index (χ0n) is 12.9. The number of nitro groups is 1. The van der Waals surface area contributed by atoms with E-state index >= 15 is 0 Å². The van der Waals surface area contributed by atoms with Gasteiger partial charge in [-0.3, -0.25) is 10.1 Å². The normalized spacial score (nSPS) is 10.5. The molecule has 1 N–H and O–H groups in total. The minimum absolute atomic E-state index is 0.0560. The summed E-state index contributed by atoms with van der Waals surface area (Å²) >= 11 is 0. The first kappa shape index (κ1) is 16.3. The summed E-state index contributed by atoms with van der Waals surface area (Å²) in [6, 6.07) is 11.8. The van der Waals surface area contributed by atoms with Crippen molar-refractivity contribution in [2.45, 2.75) is 6.54 Å². The van der Waals surface area contributed by atoms with Crippen molar-refractivity contribution in [2.24, 2.45) is 5.10 Å². The van der Waals surface area contributed by atoms with Gasteiger partial charge in [0, 0.05) is 12.1 Å². The van der Waals surface area contributed by atoms with E-state index in [1.807, 2.05) is 18.2 Å². The maximum atomic E-state index is 10.6. The van der Waals surface area contributed by atoms with Crippen LogP contribution in [0.5, 0.6) is 11.5 Å². The van der Waals surface area contributed by atoms with E-state index in [1.54, 1.807) is 32.6 Å². The number of ether oxygens (including phenoxy) is 2. The second kappa shape index (κ2) is 7.79. The van der Waals surface area contributed by atoms with Gasteiger partial charge in [-0.25, -0.2) is 0 Å². The van der Waals surface area contributed by atoms with Crippen molar-refractivity contribution in [1.82, 2.24) is 5.43 Å². The highest BCUT2D eigenvalue weighted by Crippen LogP contribution is 2.27. The Morgan fingerprint density at radius 2 is 1.83 bits per heavy atom. The standard InChI is InChI=1S/C16H17N3O4/c1-22-15-8-5-13(9-16(15)23-2)11-18-17-10-12-3-6-14(7-4-12)19(20)21/h3-10,18H,11H2,1-2H3/b17-10-. The Kier molecular flexibility index (Phi) is 5.51. The van der Waals surface area contributed by atoms with Crippen molar-refractivity contribution in [1.29, 1.82) is 0 Å². The van der Waals surface area contributed by atoms with E-state index < -0.39 is 4.92 Å². The Labute approximate surface area is 133 Å². The summed E-state index contributed by atoms with van der Waals surface area (Å²) in [5.41, 5.74) is 4.73. The number of benzene rings is 2. The molecular weight excluding hydrogens is 298 g/mol. The van der Waals surface area contributed by atoms with Crippen LogP contribution >= 0.6 is 0 Å². The van der Waals surface area contributed by atoms with Crippen LogP contribution in [0, 0.1) is 10.1 Å². The molecule has 0 aliphatic rings. The first-order chi connectivity index (χ1) is 11.1. The summed E-state index contributed by atoms with van der Waals surface area (Å²) < 4.78 is 10.4. The summed E-state index contributed by atoms with van der Waals surface area (Å²) in [6.45, 7) is 0.518. The fourth-order valence-electron chi connectivity index (χ4n) is 1.93. The highest BCUT2D eigenvalue weighted by molar-refractivity contribution is 5.79. The molecule has 0 fully saturated rings. The first-order valence-electron chi connectivity index (χ1n) is 6.85. The smallest absolute Gasteiger partial charge is 0.269 e. The Morgan fingerprint density at radius 1 is 1.13 bits per heavy atom. The summed E-state index contributed by atoms with van der Waals surface area (Å²) in [5, 5.41) is 14.7. The highest BCUT2D eigenvalue weighted by Gasteiger charge is 2.04. The molecule has 23 heavy (non-hydrogen) atoms. The molecule has 0 amide bonds. The Balaban J connectivity index is 1.92. The summed E-state index contributed by atoms with van der Waals surface area (Å²) in [4.78, 5) is 10.1. The molecule has 7 heteroatoms. The van der Waals surface area contributed by atoms with E-state index in [0.29, 0.717) is 18.0 Å². The summed E-state index contributed by atoms with van der Waals surface area (Å²) in [6.07, 6.45) is 1.60. The van der Waals surface area contributed by atoms with Gasteiger partial charge in [0.2, 0.25) is 0 Å². The molecule has 0 aliphatic heterocycles. The van der Waals surface area contributed by atoms with E-state index in [0.717, 1.165) is 11.1 Å². The number of hydrazone groups is 1. The van der Waals surface area contributed by atoms with E-state index in [9.17, 15) is 10.1 Å². The van der Waals surface area contributed by atoms with Crippen LogP contribution in [0.4, 0.5) is 5.69 Å². The molecule has 0 unspecified atom stereocenters. The molecule has 0 radical (unpaired) electrons. The van der Waals surface area contributed by atoms with E-state index in [4.69, 9.17) is 9.47 Å². The fraction of sp³-hybridized carbons (Fsp3) is 0.188. The molecule has 0 aromatic heterocycles. The molecule has 0 saturated carbocycles. The van der Waals surface area contributed by atoms with Crippen LogP contribution in [0.1, 0.15) is 11.1 Å². The quantitative estimate of drug-likeness (QED) is 0.482. The average Bonchev–Trinajstić information content (AvgIpc) is 2.58. The van der Waals surface area contributed by atoms with Gasteiger partial charge in [0.25, 0.3) is 5.69 Å². The second-order valence-electron chi connectivity index (χ2n) is 4.63. The number of methoxy groups -OCH3 is 2. The van der Waals surface area contributed by atoms with Gasteiger partial charge in [-0.05, 0) is 35.4 Å². The lowest BCUT2D eigenvalue weighted by atomic mass is 10.2. The van der Waals surface area contributed by atoms with Crippen LogP contribution in [0.15, 0.2) is 47.6 Å². The Hall–Kier alpha value is -3.09. The van der Waals surface area contributed by atoms with E-state index in [1.165, 1.54) is 12.1 Å². The molecule has 2 aromatic carbocycles. The third-order valence-corrected chi connectivity index (χ3v) is 3.14. The number of nitrogens with zero attached hydrogens (tertiary/aromatic N) is 2. The van der Waals surface area contributed by atoms with Crippen molar-refractivity contribution >= 4 is 11.9 Å². The molecule has 120 valence electrons. The van der Waals surface area contributed by atoms with Gasteiger partial charge in [0.1, 0.15) is 0 Å². The van der Waals surface area contributed by atoms with Crippen LogP contribution < -0.4 is 14.9 Å². The van der Waals surface area contributed by atoms with Gasteiger partial charge in [-0.15, -0.1) is 0 Å². The molecule has 0 atom stereocenters. The minimum atomic E-state index is -0.434. The number of non-ortho nitro benzene ring substituents is 1. The lowest BCUT2D eigenvalue weighted by molar-refractivity contribution is -0.384. The van der Waals surface area contributed by atoms with Gasteiger partial charge in [-0.1, -0.05) is 6.07 Å². The molecule has 7 nitrogen and oxygen atoms in total. The third-order valence-electron chi connectivity index (χ3n) is 3.14. The van der Waals surface area contributed by atoms with Gasteiger partial charge in [-0.2, -0.15) is 5.10 Å². The molecule has 0 heterocycles. The Morgan fingerprint density at radius 3 is 2.43 bits per heavy atom. The van der Waals surface area contributed by atoms with Gasteiger partial charge in [0.15, 0.2) is 11.5 Å². The van der Waals surface area contributed by atoms with Crippen molar-refractivity contribution in [2.75, 3.05) is 14.2 Å². The number of hydrogen-bond donors (Lipinski definition) is 1. The monoisotopic (exact) mass is 315 g/mol. The number of rotatable bonds is 7. The molecule has 0 saturated heterocycles. The average molecular weight is 315 g/mol. The number of nitro benzene ring substituents is 1. The predicted octanol–water partition coefficient (Wildman–Crippen LogP) is 2.74. The lowest BCUT2D eigenvalue weighted by Crippen LogP contribution is -2.06. The molecule has 0 aliphatic carbocycles. The second-order valence-corrected chi connectivity index (χ2v) is 4.63. The molecular formula is C16H17N3O4. The zero-order valence-corrected chi connectivity index (χ0v) is 12.9. The van der Waals surface area contributed by atoms with Crippen molar-refractivity contribution in [3.05, 3.63) is 63.7 Å². The summed E-state index contributed by atoms with van der Waals surface area (Å²) in [5.74, 6) is 1.33. The SMILES string of the molecule is COc1ccc(CN/N=C\c2ccc([N+](=O)[O-])cc2)cc1OC. The molecule has 0 spiro atoms. The topological polar surface area (TPSA) is 86.0 Å². The van der Waals surface area contributed by atoms with E-state index in [-0.39, 0.29) is 5.69 Å². The van der Waals surface area contributed by atoms with Crippen molar-refractivity contribution in [3.8, 4) is 11.5 Å². The minimum Gasteiger partial charge on any atom is -0.493 e. The number of hydrogen-bond acceptors (Lipinski definition) is 6. The summed E-state index contributed by atoms with van der Waals surface area (Å²) in [7, 11) is 3.17. The van der Waals surface area contributed by atoms with Crippen LogP contribution in [0.25, 0.3) is 0 Å². The molecule has 2 aromatic rings. The lowest BCUT2D eigenvalue weighted by Gasteiger charge is -2.09. The van der Waals surface area contributed by atoms with Crippen LogP contribution in [-0.4, -0.2) is 25.4 Å². The first-order valence-corrected chi connectivity index (χ1v) is 6.85. The third kappa shape index (κ3) is 4.44. The zero-order chi connectivity index (χ0) is 16.7. The molecule has 0 bridgehead atoms. The van der Waals surface area contributed by atoms with Crippen LogP contribution in [0.3, 0.4) is 0 Å². The van der Waals surface area contributed by atoms with Crippen LogP contribution in [0.2, 0.25) is 0 Å². The van der Waals surface area contributed by atoms with Gasteiger partial charge >= 0.3 is 0 Å². The maximum Gasteiger partial charge on any atom is 0.269 e. The highest BCUT2D eigenvalue weighted by atomic mass is 16.6. The van der Waals surface area contributed by atoms with Crippen LogP contribution in [-0.2, 0) is 6.54 Å². The van der Waals surface area contributed by atoms with Gasteiger partial charge in [0.05, 0.1) is 31.9 Å². The largest absolute Gasteiger partial charge is 0.493 e. The van der Waals surface area contributed by atoms with Crippen molar-refractivity contribution in [3.63, 3.8) is 0 Å². The van der Waals surface area contributed by atoms with Crippen molar-refractivity contribution < 1.29 is 14.4 Å². The fourth-order valence-corrected chi connectivity index (χ4v) is 1.93. The van der Waals surface area contributed by atoms with Gasteiger partial charge < -0.3 is 14.9 Å².